The average molecular weight is 353 g/mol. The smallest absolute Gasteiger partial charge is 0.394 e. The second-order valence-electron chi connectivity index (χ2n) is 4.48. The summed E-state index contributed by atoms with van der Waals surface area (Å²) in [6.07, 6.45) is -2.22. The third kappa shape index (κ3) is 3.84. The molecule has 1 aliphatic rings. The van der Waals surface area contributed by atoms with Crippen LogP contribution in [0.4, 0.5) is 19.0 Å². The van der Waals surface area contributed by atoms with Gasteiger partial charge in [0, 0.05) is 25.5 Å². The topological polar surface area (TPSA) is 60.8 Å². The lowest BCUT2D eigenvalue weighted by Gasteiger charge is -2.23. The number of hydrogen-bond donors (Lipinski definition) is 2. The fourth-order valence-electron chi connectivity index (χ4n) is 1.87. The van der Waals surface area contributed by atoms with Gasteiger partial charge in [0.2, 0.25) is 0 Å². The Morgan fingerprint density at radius 1 is 1.45 bits per heavy atom. The van der Waals surface area contributed by atoms with Crippen molar-refractivity contribution in [2.24, 2.45) is 4.99 Å². The summed E-state index contributed by atoms with van der Waals surface area (Å²) in [5, 5.41) is 12.2. The first-order chi connectivity index (χ1) is 10.3. The molecule has 2 N–H and O–H groups in total. The highest BCUT2D eigenvalue weighted by molar-refractivity contribution is 7.80. The number of rotatable bonds is 5. The van der Waals surface area contributed by atoms with E-state index in [1.54, 1.807) is 11.1 Å². The van der Waals surface area contributed by atoms with Gasteiger partial charge in [0.05, 0.1) is 23.2 Å². The number of anilines is 1. The molecule has 1 aromatic rings. The number of aromatic nitrogens is 1. The van der Waals surface area contributed by atoms with Crippen LogP contribution in [0.5, 0.6) is 0 Å². The molecule has 0 aromatic carbocycles. The van der Waals surface area contributed by atoms with Crippen molar-refractivity contribution >= 4 is 41.0 Å². The molecular weight excluding hydrogens is 341 g/mol. The van der Waals surface area contributed by atoms with E-state index in [0.717, 1.165) is 6.07 Å². The summed E-state index contributed by atoms with van der Waals surface area (Å²) in [5.41, 5.74) is -0.905. The van der Waals surface area contributed by atoms with Crippen molar-refractivity contribution in [3.8, 4) is 0 Å². The van der Waals surface area contributed by atoms with Crippen LogP contribution in [-0.4, -0.2) is 52.1 Å². The Morgan fingerprint density at radius 2 is 2.18 bits per heavy atom. The SMILES string of the molecule is OCC1C=NC(=S)N1CCNc1ncc(C(F)(F)F)cc1Cl. The van der Waals surface area contributed by atoms with E-state index < -0.39 is 11.7 Å². The first-order valence-electron chi connectivity index (χ1n) is 6.25. The zero-order valence-electron chi connectivity index (χ0n) is 11.1. The zero-order chi connectivity index (χ0) is 16.3. The van der Waals surface area contributed by atoms with E-state index in [2.05, 4.69) is 15.3 Å². The minimum absolute atomic E-state index is 0.117. The number of hydrogen-bond acceptors (Lipinski definition) is 4. The minimum atomic E-state index is -4.48. The molecule has 0 spiro atoms. The van der Waals surface area contributed by atoms with Crippen molar-refractivity contribution in [1.82, 2.24) is 9.88 Å². The second-order valence-corrected chi connectivity index (χ2v) is 5.26. The molecule has 0 aliphatic carbocycles. The van der Waals surface area contributed by atoms with Gasteiger partial charge in [-0.15, -0.1) is 0 Å². The molecule has 0 fully saturated rings. The Balaban J connectivity index is 1.94. The lowest BCUT2D eigenvalue weighted by atomic mass is 10.2. The van der Waals surface area contributed by atoms with E-state index in [9.17, 15) is 13.2 Å². The quantitative estimate of drug-likeness (QED) is 0.796. The monoisotopic (exact) mass is 352 g/mol. The molecule has 22 heavy (non-hydrogen) atoms. The average Bonchev–Trinajstić information content (AvgIpc) is 2.80. The third-order valence-electron chi connectivity index (χ3n) is 3.00. The minimum Gasteiger partial charge on any atom is -0.394 e. The van der Waals surface area contributed by atoms with Crippen molar-refractivity contribution in [3.63, 3.8) is 0 Å². The Morgan fingerprint density at radius 3 is 2.77 bits per heavy atom. The largest absolute Gasteiger partial charge is 0.417 e. The number of aliphatic hydroxyl groups excluding tert-OH is 1. The standard InChI is InChI=1S/C12H12ClF3N4OS/c13-9-3-7(12(14,15)16)4-18-10(9)17-1-2-20-8(6-21)5-19-11(20)22/h3-5,8,21H,1-2,6H2,(H,17,18). The lowest BCUT2D eigenvalue weighted by molar-refractivity contribution is -0.137. The van der Waals surface area contributed by atoms with Gasteiger partial charge in [0.1, 0.15) is 5.82 Å². The Labute approximate surface area is 134 Å². The molecule has 0 radical (unpaired) electrons. The maximum absolute atomic E-state index is 12.5. The van der Waals surface area contributed by atoms with E-state index >= 15 is 0 Å². The number of aliphatic hydroxyl groups is 1. The van der Waals surface area contributed by atoms with Crippen LogP contribution in [0.25, 0.3) is 0 Å². The molecule has 10 heteroatoms. The van der Waals surface area contributed by atoms with Crippen LogP contribution in [0, 0.1) is 0 Å². The zero-order valence-corrected chi connectivity index (χ0v) is 12.7. The summed E-state index contributed by atoms with van der Waals surface area (Å²) in [5.74, 6) is 0.154. The van der Waals surface area contributed by atoms with Crippen molar-refractivity contribution in [1.29, 1.82) is 0 Å². The highest BCUT2D eigenvalue weighted by Crippen LogP contribution is 2.32. The van der Waals surface area contributed by atoms with Crippen molar-refractivity contribution < 1.29 is 18.3 Å². The number of thiocarbonyl (C=S) groups is 1. The summed E-state index contributed by atoms with van der Waals surface area (Å²) < 4.78 is 37.5. The molecule has 1 aliphatic heterocycles. The third-order valence-corrected chi connectivity index (χ3v) is 3.63. The molecule has 2 heterocycles. The Kier molecular flexibility index (Phi) is 5.20. The number of nitrogens with one attached hydrogen (secondary N) is 1. The summed E-state index contributed by atoms with van der Waals surface area (Å²) in [4.78, 5) is 9.30. The fraction of sp³-hybridized carbons (Fsp3) is 0.417. The number of alkyl halides is 3. The summed E-state index contributed by atoms with van der Waals surface area (Å²) >= 11 is 10.8. The van der Waals surface area contributed by atoms with Gasteiger partial charge in [-0.25, -0.2) is 9.98 Å². The normalized spacial score (nSPS) is 18.1. The molecule has 0 bridgehead atoms. The molecule has 0 amide bonds. The van der Waals surface area contributed by atoms with Gasteiger partial charge in [0.15, 0.2) is 5.11 Å². The van der Waals surface area contributed by atoms with E-state index in [4.69, 9.17) is 28.9 Å². The molecule has 0 saturated heterocycles. The summed E-state index contributed by atoms with van der Waals surface area (Å²) in [7, 11) is 0. The van der Waals surface area contributed by atoms with E-state index in [-0.39, 0.29) is 23.5 Å². The molecule has 120 valence electrons. The van der Waals surface area contributed by atoms with E-state index in [1.807, 2.05) is 0 Å². The van der Waals surface area contributed by atoms with Crippen LogP contribution >= 0.6 is 23.8 Å². The van der Waals surface area contributed by atoms with Crippen LogP contribution < -0.4 is 5.32 Å². The molecule has 1 aromatic heterocycles. The van der Waals surface area contributed by atoms with Gasteiger partial charge in [-0.3, -0.25) is 0 Å². The van der Waals surface area contributed by atoms with E-state index in [0.29, 0.717) is 24.4 Å². The highest BCUT2D eigenvalue weighted by Gasteiger charge is 2.31. The maximum atomic E-state index is 12.5. The Bertz CT molecular complexity index is 596. The molecule has 0 saturated carbocycles. The fourth-order valence-corrected chi connectivity index (χ4v) is 2.39. The van der Waals surface area contributed by atoms with Gasteiger partial charge < -0.3 is 15.3 Å². The summed E-state index contributed by atoms with van der Waals surface area (Å²) in [6.45, 7) is 0.615. The first kappa shape index (κ1) is 16.9. The highest BCUT2D eigenvalue weighted by atomic mass is 35.5. The van der Waals surface area contributed by atoms with Gasteiger partial charge in [-0.2, -0.15) is 13.2 Å². The van der Waals surface area contributed by atoms with Gasteiger partial charge in [0.25, 0.3) is 0 Å². The summed E-state index contributed by atoms with van der Waals surface area (Å²) in [6, 6.07) is 0.530. The number of halogens is 4. The second kappa shape index (κ2) is 6.76. The van der Waals surface area contributed by atoms with Crippen LogP contribution in [0.1, 0.15) is 5.56 Å². The maximum Gasteiger partial charge on any atom is 0.417 e. The predicted octanol–water partition coefficient (Wildman–Crippen LogP) is 2.20. The van der Waals surface area contributed by atoms with Crippen LogP contribution in [0.3, 0.4) is 0 Å². The van der Waals surface area contributed by atoms with Crippen molar-refractivity contribution in [3.05, 3.63) is 22.8 Å². The van der Waals surface area contributed by atoms with Crippen LogP contribution in [-0.2, 0) is 6.18 Å². The predicted molar refractivity (Wildman–Crippen MR) is 81.4 cm³/mol. The van der Waals surface area contributed by atoms with E-state index in [1.165, 1.54) is 0 Å². The van der Waals surface area contributed by atoms with Crippen LogP contribution in [0.15, 0.2) is 17.3 Å². The first-order valence-corrected chi connectivity index (χ1v) is 7.04. The molecule has 2 rings (SSSR count). The van der Waals surface area contributed by atoms with Gasteiger partial charge in [-0.05, 0) is 18.3 Å². The molecular formula is C12H12ClF3N4OS. The lowest BCUT2D eigenvalue weighted by Crippen LogP contribution is -2.40. The van der Waals surface area contributed by atoms with Gasteiger partial charge >= 0.3 is 6.18 Å². The van der Waals surface area contributed by atoms with Crippen molar-refractivity contribution in [2.75, 3.05) is 25.0 Å². The van der Waals surface area contributed by atoms with Gasteiger partial charge in [-0.1, -0.05) is 11.6 Å². The molecule has 5 nitrogen and oxygen atoms in total. The molecule has 1 unspecified atom stereocenters. The number of aliphatic imine (C=N–C) groups is 1. The molecule has 1 atom stereocenters. The Hall–Kier alpha value is -1.45. The van der Waals surface area contributed by atoms with Crippen LogP contribution in [0.2, 0.25) is 5.02 Å². The number of pyridine rings is 1. The number of nitrogens with zero attached hydrogens (tertiary/aromatic N) is 3. The van der Waals surface area contributed by atoms with Crippen molar-refractivity contribution in [2.45, 2.75) is 12.2 Å².